The summed E-state index contributed by atoms with van der Waals surface area (Å²) in [7, 11) is 0. The molecule has 2 aromatic carbocycles. The van der Waals surface area contributed by atoms with Crippen molar-refractivity contribution < 1.29 is 4.79 Å². The summed E-state index contributed by atoms with van der Waals surface area (Å²) in [5.74, 6) is 0.476. The topological polar surface area (TPSA) is 81.3 Å². The molecule has 7 nitrogen and oxygen atoms in total. The predicted molar refractivity (Wildman–Crippen MR) is 162 cm³/mol. The molecule has 2 N–H and O–H groups in total. The molecule has 1 spiro atoms. The Kier molecular flexibility index (Phi) is 7.73. The maximum Gasteiger partial charge on any atom is 0.253 e. The summed E-state index contributed by atoms with van der Waals surface area (Å²) >= 11 is 1.34. The number of aromatic nitrogens is 2. The van der Waals surface area contributed by atoms with Gasteiger partial charge >= 0.3 is 0 Å². The van der Waals surface area contributed by atoms with Crippen LogP contribution in [0.25, 0.3) is 11.3 Å². The summed E-state index contributed by atoms with van der Waals surface area (Å²) in [5, 5.41) is 0. The molecule has 0 unspecified atom stereocenters. The van der Waals surface area contributed by atoms with Gasteiger partial charge in [0.15, 0.2) is 0 Å². The average molecular weight is 558 g/mol. The number of benzene rings is 2. The first-order chi connectivity index (χ1) is 19.4. The van der Waals surface area contributed by atoms with Crippen LogP contribution >= 0.6 is 11.9 Å². The molecule has 6 rings (SSSR count). The molecular weight excluding hydrogens is 518 g/mol. The third kappa shape index (κ3) is 5.70. The molecule has 0 radical (unpaired) electrons. The summed E-state index contributed by atoms with van der Waals surface area (Å²) in [6, 6.07) is 16.0. The normalized spacial score (nSPS) is 19.4. The van der Waals surface area contributed by atoms with Crippen molar-refractivity contribution in [3.05, 3.63) is 75.6 Å². The number of nitrogens with one attached hydrogen (secondary N) is 2. The van der Waals surface area contributed by atoms with Crippen LogP contribution in [0.15, 0.2) is 58.2 Å². The van der Waals surface area contributed by atoms with E-state index in [0.717, 1.165) is 54.2 Å². The average Bonchev–Trinajstić information content (AvgIpc) is 3.30. The highest BCUT2D eigenvalue weighted by Gasteiger charge is 2.47. The van der Waals surface area contributed by atoms with E-state index < -0.39 is 0 Å². The lowest BCUT2D eigenvalue weighted by Gasteiger charge is -2.50. The number of carbonyl (C=O) groups is 1. The van der Waals surface area contributed by atoms with Crippen LogP contribution in [0.1, 0.15) is 66.4 Å². The zero-order chi connectivity index (χ0) is 27.7. The predicted octanol–water partition coefficient (Wildman–Crippen LogP) is 6.04. The van der Waals surface area contributed by atoms with Crippen molar-refractivity contribution in [2.75, 3.05) is 30.9 Å². The minimum atomic E-state index is -0.213. The van der Waals surface area contributed by atoms with Gasteiger partial charge in [0.1, 0.15) is 0 Å². The molecule has 8 heteroatoms. The van der Waals surface area contributed by atoms with Gasteiger partial charge in [-0.15, -0.1) is 0 Å². The highest BCUT2D eigenvalue weighted by molar-refractivity contribution is 8.00. The van der Waals surface area contributed by atoms with Gasteiger partial charge in [-0.2, -0.15) is 0 Å². The highest BCUT2D eigenvalue weighted by atomic mass is 32.2. The Morgan fingerprint density at radius 2 is 1.73 bits per heavy atom. The fourth-order valence-electron chi connectivity index (χ4n) is 7.07. The number of aromatic amines is 1. The second-order valence-corrected chi connectivity index (χ2v) is 12.8. The largest absolute Gasteiger partial charge is 0.337 e. The van der Waals surface area contributed by atoms with Crippen molar-refractivity contribution in [2.45, 2.75) is 69.7 Å². The van der Waals surface area contributed by atoms with E-state index in [1.54, 1.807) is 0 Å². The van der Waals surface area contributed by atoms with Gasteiger partial charge in [0.05, 0.1) is 5.69 Å². The molecule has 1 saturated heterocycles. The summed E-state index contributed by atoms with van der Waals surface area (Å²) in [6.07, 6.45) is 9.43. The van der Waals surface area contributed by atoms with E-state index in [9.17, 15) is 9.59 Å². The van der Waals surface area contributed by atoms with Crippen molar-refractivity contribution in [1.29, 1.82) is 0 Å². The summed E-state index contributed by atoms with van der Waals surface area (Å²) in [6.45, 7) is 7.70. The molecule has 210 valence electrons. The van der Waals surface area contributed by atoms with E-state index in [1.807, 2.05) is 61.2 Å². The van der Waals surface area contributed by atoms with Crippen LogP contribution < -0.4 is 10.3 Å². The second kappa shape index (κ2) is 11.4. The van der Waals surface area contributed by atoms with Crippen molar-refractivity contribution >= 4 is 23.8 Å². The van der Waals surface area contributed by atoms with Crippen molar-refractivity contribution in [3.63, 3.8) is 0 Å². The number of hydrogen-bond acceptors (Lipinski definition) is 6. The van der Waals surface area contributed by atoms with E-state index in [2.05, 4.69) is 19.6 Å². The molecule has 3 aliphatic rings. The lowest BCUT2D eigenvalue weighted by molar-refractivity contribution is 0.00691. The number of aryl methyl sites for hydroxylation is 2. The number of anilines is 1. The molecule has 0 atom stereocenters. The molecule has 1 amide bonds. The monoisotopic (exact) mass is 557 g/mol. The van der Waals surface area contributed by atoms with Gasteiger partial charge in [-0.05, 0) is 92.6 Å². The molecule has 2 heterocycles. The minimum absolute atomic E-state index is 0.0914. The first kappa shape index (κ1) is 27.1. The minimum Gasteiger partial charge on any atom is -0.337 e. The van der Waals surface area contributed by atoms with Crippen molar-refractivity contribution in [1.82, 2.24) is 19.8 Å². The third-order valence-corrected chi connectivity index (χ3v) is 9.95. The SMILES string of the molecule is Cc1cccc(C)c1-c1cc(=O)[nH]c(NSc2cccc(C(=O)N3CCCN(C4CC5(CCCC5)C4)CC3)c2)n1. The second-order valence-electron chi connectivity index (χ2n) is 11.9. The van der Waals surface area contributed by atoms with Gasteiger partial charge in [0.2, 0.25) is 5.95 Å². The Bertz CT molecular complexity index is 1420. The molecular formula is C32H39N5O2S. The molecule has 3 aromatic rings. The van der Waals surface area contributed by atoms with Crippen molar-refractivity contribution in [2.24, 2.45) is 5.41 Å². The smallest absolute Gasteiger partial charge is 0.253 e. The van der Waals surface area contributed by atoms with Crippen LogP contribution in [0.3, 0.4) is 0 Å². The number of hydrogen-bond donors (Lipinski definition) is 2. The Balaban J connectivity index is 1.08. The fourth-order valence-corrected chi connectivity index (χ4v) is 7.72. The summed E-state index contributed by atoms with van der Waals surface area (Å²) < 4.78 is 3.18. The standard InChI is InChI=1S/C32H39N5O2S/c1-22-8-5-9-23(2)29(22)27-19-28(38)34-31(33-27)35-40-26-11-6-10-24(18-26)30(39)37-15-7-14-36(16-17-37)25-20-32(21-25)12-3-4-13-32/h5-6,8-11,18-19,25H,3-4,7,12-17,20-21H2,1-2H3,(H2,33,34,35,38). The van der Waals surface area contributed by atoms with E-state index in [-0.39, 0.29) is 11.5 Å². The Labute approximate surface area is 240 Å². The molecule has 2 saturated carbocycles. The number of H-pyrrole nitrogens is 1. The molecule has 1 aliphatic heterocycles. The van der Waals surface area contributed by atoms with E-state index in [0.29, 0.717) is 28.7 Å². The molecule has 0 bridgehead atoms. The quantitative estimate of drug-likeness (QED) is 0.360. The van der Waals surface area contributed by atoms with Crippen LogP contribution in [-0.2, 0) is 0 Å². The summed E-state index contributed by atoms with van der Waals surface area (Å²) in [4.78, 5) is 38.9. The van der Waals surface area contributed by atoms with Gasteiger partial charge in [-0.1, -0.05) is 37.1 Å². The van der Waals surface area contributed by atoms with Crippen LogP contribution in [0, 0.1) is 19.3 Å². The highest BCUT2D eigenvalue weighted by Crippen LogP contribution is 2.54. The van der Waals surface area contributed by atoms with Gasteiger partial charge in [-0.25, -0.2) is 4.98 Å². The number of nitrogens with zero attached hydrogens (tertiary/aromatic N) is 3. The first-order valence-corrected chi connectivity index (χ1v) is 15.5. The van der Waals surface area contributed by atoms with Crippen LogP contribution in [0.2, 0.25) is 0 Å². The van der Waals surface area contributed by atoms with Crippen molar-refractivity contribution in [3.8, 4) is 11.3 Å². The first-order valence-electron chi connectivity index (χ1n) is 14.6. The van der Waals surface area contributed by atoms with E-state index in [1.165, 1.54) is 56.5 Å². The van der Waals surface area contributed by atoms with Crippen LogP contribution in [0.5, 0.6) is 0 Å². The molecule has 2 aliphatic carbocycles. The lowest BCUT2D eigenvalue weighted by atomic mass is 9.64. The fraction of sp³-hybridized carbons (Fsp3) is 0.469. The number of rotatable bonds is 6. The van der Waals surface area contributed by atoms with Gasteiger partial charge < -0.3 is 4.90 Å². The molecule has 1 aromatic heterocycles. The summed E-state index contributed by atoms with van der Waals surface area (Å²) in [5.41, 5.74) is 4.90. The van der Waals surface area contributed by atoms with E-state index in [4.69, 9.17) is 0 Å². The maximum atomic E-state index is 13.5. The Hall–Kier alpha value is -3.10. The zero-order valence-corrected chi connectivity index (χ0v) is 24.4. The maximum absolute atomic E-state index is 13.5. The van der Waals surface area contributed by atoms with Gasteiger partial charge in [0.25, 0.3) is 11.5 Å². The molecule has 3 fully saturated rings. The number of carbonyl (C=O) groups excluding carboxylic acids is 1. The molecule has 40 heavy (non-hydrogen) atoms. The van der Waals surface area contributed by atoms with Crippen LogP contribution in [0.4, 0.5) is 5.95 Å². The Morgan fingerprint density at radius 1 is 0.975 bits per heavy atom. The zero-order valence-electron chi connectivity index (χ0n) is 23.5. The van der Waals surface area contributed by atoms with Gasteiger partial charge in [0, 0.05) is 54.3 Å². The third-order valence-electron chi connectivity index (χ3n) is 9.16. The van der Waals surface area contributed by atoms with E-state index >= 15 is 0 Å². The number of amides is 1. The lowest BCUT2D eigenvalue weighted by Crippen LogP contribution is -2.51. The van der Waals surface area contributed by atoms with Gasteiger partial charge in [-0.3, -0.25) is 24.2 Å². The van der Waals surface area contributed by atoms with Crippen LogP contribution in [-0.4, -0.2) is 57.9 Å². The Morgan fingerprint density at radius 3 is 2.50 bits per heavy atom.